The van der Waals surface area contributed by atoms with Gasteiger partial charge in [-0.05, 0) is 38.1 Å². The van der Waals surface area contributed by atoms with E-state index in [1.165, 1.54) is 30.4 Å². The fourth-order valence-corrected chi connectivity index (χ4v) is 3.38. The van der Waals surface area contributed by atoms with Crippen molar-refractivity contribution >= 4 is 0 Å². The van der Waals surface area contributed by atoms with Crippen molar-refractivity contribution in [1.82, 2.24) is 14.9 Å². The van der Waals surface area contributed by atoms with Crippen LogP contribution in [0.3, 0.4) is 0 Å². The molecule has 2 rings (SSSR count). The third-order valence-corrected chi connectivity index (χ3v) is 5.00. The maximum atomic E-state index is 13.4. The van der Waals surface area contributed by atoms with Gasteiger partial charge < -0.3 is 15.0 Å². The number of aromatic nitrogens is 2. The summed E-state index contributed by atoms with van der Waals surface area (Å²) in [6, 6.07) is 0.247. The number of hydrogen-bond acceptors (Lipinski definition) is 3. The van der Waals surface area contributed by atoms with Crippen molar-refractivity contribution in [3.8, 4) is 0 Å². The Labute approximate surface area is 135 Å². The standard InChI is InChI=1S/C16H26F3N3O/c1-3-12-4-6-13(7-5-12)20-9-8-15(23,16(17,18)19)14-21-10-11-22(14)2/h10-13,20,23H,3-9H2,1-2H3. The molecule has 1 aromatic rings. The topological polar surface area (TPSA) is 50.1 Å². The van der Waals surface area contributed by atoms with Gasteiger partial charge in [-0.2, -0.15) is 13.2 Å². The summed E-state index contributed by atoms with van der Waals surface area (Å²) >= 11 is 0. The zero-order chi connectivity index (χ0) is 17.1. The molecule has 0 saturated heterocycles. The molecule has 1 aliphatic rings. The maximum Gasteiger partial charge on any atom is 0.424 e. The van der Waals surface area contributed by atoms with Gasteiger partial charge in [-0.25, -0.2) is 4.98 Å². The van der Waals surface area contributed by atoms with Crippen LogP contribution >= 0.6 is 0 Å². The van der Waals surface area contributed by atoms with E-state index in [1.54, 1.807) is 0 Å². The summed E-state index contributed by atoms with van der Waals surface area (Å²) in [4.78, 5) is 3.71. The van der Waals surface area contributed by atoms with Crippen molar-refractivity contribution in [2.75, 3.05) is 6.54 Å². The van der Waals surface area contributed by atoms with Gasteiger partial charge in [-0.15, -0.1) is 0 Å². The lowest BCUT2D eigenvalue weighted by Gasteiger charge is -2.32. The molecule has 0 aromatic carbocycles. The van der Waals surface area contributed by atoms with Crippen LogP contribution < -0.4 is 5.32 Å². The molecular formula is C16H26F3N3O. The molecule has 1 aromatic heterocycles. The second-order valence-electron chi connectivity index (χ2n) is 6.55. The van der Waals surface area contributed by atoms with Crippen LogP contribution in [0.5, 0.6) is 0 Å². The SMILES string of the molecule is CCC1CCC(NCCC(O)(c2nccn2C)C(F)(F)F)CC1. The predicted octanol–water partition coefficient (Wildman–Crippen LogP) is 3.12. The number of hydrogen-bond donors (Lipinski definition) is 2. The van der Waals surface area contributed by atoms with Crippen LogP contribution in [0.1, 0.15) is 51.3 Å². The smallest absolute Gasteiger partial charge is 0.374 e. The maximum absolute atomic E-state index is 13.4. The third-order valence-electron chi connectivity index (χ3n) is 5.00. The summed E-state index contributed by atoms with van der Waals surface area (Å²) in [6.07, 6.45) is 2.88. The molecule has 7 heteroatoms. The van der Waals surface area contributed by atoms with E-state index in [1.807, 2.05) is 0 Å². The Kier molecular flexibility index (Phi) is 5.73. The Morgan fingerprint density at radius 1 is 1.30 bits per heavy atom. The molecule has 0 spiro atoms. The fraction of sp³-hybridized carbons (Fsp3) is 0.812. The number of nitrogens with zero attached hydrogens (tertiary/aromatic N) is 2. The minimum absolute atomic E-state index is 0.115. The van der Waals surface area contributed by atoms with Crippen LogP contribution in [0.15, 0.2) is 12.4 Å². The van der Waals surface area contributed by atoms with Gasteiger partial charge >= 0.3 is 6.18 Å². The van der Waals surface area contributed by atoms with E-state index in [4.69, 9.17) is 0 Å². The third kappa shape index (κ3) is 4.07. The van der Waals surface area contributed by atoms with E-state index in [9.17, 15) is 18.3 Å². The van der Waals surface area contributed by atoms with Gasteiger partial charge in [0.05, 0.1) is 0 Å². The molecule has 1 unspecified atom stereocenters. The summed E-state index contributed by atoms with van der Waals surface area (Å²) in [5.41, 5.74) is -2.92. The first-order valence-corrected chi connectivity index (χ1v) is 8.28. The number of imidazole rings is 1. The predicted molar refractivity (Wildman–Crippen MR) is 81.8 cm³/mol. The Hall–Kier alpha value is -1.08. The minimum atomic E-state index is -4.76. The van der Waals surface area contributed by atoms with Gasteiger partial charge in [-0.3, -0.25) is 0 Å². The number of rotatable bonds is 6. The van der Waals surface area contributed by atoms with E-state index in [0.29, 0.717) is 0 Å². The number of alkyl halides is 3. The average molecular weight is 333 g/mol. The second kappa shape index (κ2) is 7.21. The van der Waals surface area contributed by atoms with Crippen molar-refractivity contribution in [2.45, 2.75) is 63.3 Å². The molecule has 132 valence electrons. The Balaban J connectivity index is 1.94. The molecule has 0 bridgehead atoms. The fourth-order valence-electron chi connectivity index (χ4n) is 3.38. The molecule has 1 fully saturated rings. The lowest BCUT2D eigenvalue weighted by Crippen LogP contribution is -2.47. The van der Waals surface area contributed by atoms with Crippen LogP contribution in [0.2, 0.25) is 0 Å². The van der Waals surface area contributed by atoms with Gasteiger partial charge in [0.25, 0.3) is 0 Å². The first kappa shape index (κ1) is 18.3. The number of aryl methyl sites for hydroxylation is 1. The zero-order valence-electron chi connectivity index (χ0n) is 13.7. The largest absolute Gasteiger partial charge is 0.424 e. The molecule has 2 N–H and O–H groups in total. The highest BCUT2D eigenvalue weighted by Gasteiger charge is 2.57. The van der Waals surface area contributed by atoms with E-state index >= 15 is 0 Å². The summed E-state index contributed by atoms with van der Waals surface area (Å²) < 4.78 is 41.4. The highest BCUT2D eigenvalue weighted by atomic mass is 19.4. The van der Waals surface area contributed by atoms with E-state index in [-0.39, 0.29) is 18.4 Å². The van der Waals surface area contributed by atoms with Crippen LogP contribution in [0, 0.1) is 5.92 Å². The monoisotopic (exact) mass is 333 g/mol. The Morgan fingerprint density at radius 3 is 2.43 bits per heavy atom. The number of halogens is 3. The van der Waals surface area contributed by atoms with Crippen molar-refractivity contribution in [3.63, 3.8) is 0 Å². The van der Waals surface area contributed by atoms with Crippen LogP contribution in [0.4, 0.5) is 13.2 Å². The molecule has 1 heterocycles. The molecule has 23 heavy (non-hydrogen) atoms. The first-order valence-electron chi connectivity index (χ1n) is 8.28. The Bertz CT molecular complexity index is 495. The van der Waals surface area contributed by atoms with Crippen molar-refractivity contribution in [1.29, 1.82) is 0 Å². The molecule has 0 radical (unpaired) electrons. The van der Waals surface area contributed by atoms with Gasteiger partial charge in [0, 0.05) is 31.9 Å². The highest BCUT2D eigenvalue weighted by molar-refractivity contribution is 5.08. The quantitative estimate of drug-likeness (QED) is 0.841. The average Bonchev–Trinajstić information content (AvgIpc) is 2.93. The van der Waals surface area contributed by atoms with E-state index < -0.39 is 18.2 Å². The summed E-state index contributed by atoms with van der Waals surface area (Å²) in [5, 5.41) is 13.4. The summed E-state index contributed by atoms with van der Waals surface area (Å²) in [7, 11) is 1.46. The van der Waals surface area contributed by atoms with E-state index in [2.05, 4.69) is 17.2 Å². The molecule has 0 amide bonds. The van der Waals surface area contributed by atoms with Crippen LogP contribution in [-0.4, -0.2) is 33.4 Å². The first-order chi connectivity index (χ1) is 10.8. The van der Waals surface area contributed by atoms with Gasteiger partial charge in [0.15, 0.2) is 0 Å². The lowest BCUT2D eigenvalue weighted by atomic mass is 9.84. The molecule has 1 saturated carbocycles. The zero-order valence-corrected chi connectivity index (χ0v) is 13.7. The van der Waals surface area contributed by atoms with Crippen molar-refractivity contribution in [3.05, 3.63) is 18.2 Å². The minimum Gasteiger partial charge on any atom is -0.374 e. The van der Waals surface area contributed by atoms with Gasteiger partial charge in [-0.1, -0.05) is 13.3 Å². The molecule has 0 aliphatic heterocycles. The second-order valence-corrected chi connectivity index (χ2v) is 6.55. The van der Waals surface area contributed by atoms with Crippen molar-refractivity contribution < 1.29 is 18.3 Å². The Morgan fingerprint density at radius 2 is 1.96 bits per heavy atom. The molecule has 1 aliphatic carbocycles. The molecule has 4 nitrogen and oxygen atoms in total. The highest BCUT2D eigenvalue weighted by Crippen LogP contribution is 2.40. The van der Waals surface area contributed by atoms with Gasteiger partial charge in [0.1, 0.15) is 5.82 Å². The summed E-state index contributed by atoms with van der Waals surface area (Å²) in [5.74, 6) is 0.384. The summed E-state index contributed by atoms with van der Waals surface area (Å²) in [6.45, 7) is 2.29. The lowest BCUT2D eigenvalue weighted by molar-refractivity contribution is -0.272. The normalized spacial score (nSPS) is 25.3. The van der Waals surface area contributed by atoms with Crippen LogP contribution in [0.25, 0.3) is 0 Å². The molecule has 1 atom stereocenters. The van der Waals surface area contributed by atoms with Gasteiger partial charge in [0.2, 0.25) is 5.60 Å². The van der Waals surface area contributed by atoms with Crippen LogP contribution in [-0.2, 0) is 12.6 Å². The van der Waals surface area contributed by atoms with Crippen molar-refractivity contribution in [2.24, 2.45) is 13.0 Å². The molecular weight excluding hydrogens is 307 g/mol. The number of aliphatic hydroxyl groups is 1. The number of nitrogens with one attached hydrogen (secondary N) is 1. The van der Waals surface area contributed by atoms with E-state index in [0.717, 1.165) is 31.6 Å².